The Labute approximate surface area is 117 Å². The van der Waals surface area contributed by atoms with Crippen molar-refractivity contribution in [3.8, 4) is 0 Å². The minimum Gasteiger partial charge on any atom is -0.353 e. The van der Waals surface area contributed by atoms with E-state index >= 15 is 0 Å². The van der Waals surface area contributed by atoms with Gasteiger partial charge in [0.25, 0.3) is 0 Å². The van der Waals surface area contributed by atoms with Crippen molar-refractivity contribution in [3.05, 3.63) is 0 Å². The Morgan fingerprint density at radius 1 is 1.35 bits per heavy atom. The number of nitrogens with one attached hydrogen (secondary N) is 2. The zero-order chi connectivity index (χ0) is 14.7. The minimum absolute atomic E-state index is 0.0106. The number of amides is 5. The van der Waals surface area contributed by atoms with Crippen LogP contribution in [-0.2, 0) is 14.4 Å². The molecule has 1 saturated carbocycles. The van der Waals surface area contributed by atoms with Crippen molar-refractivity contribution in [2.24, 2.45) is 5.92 Å². The number of hydrogen-bond acceptors (Lipinski definition) is 4. The lowest BCUT2D eigenvalue weighted by Crippen LogP contribution is -2.58. The topological polar surface area (TPSA) is 95.6 Å². The highest BCUT2D eigenvalue weighted by molar-refractivity contribution is 6.16. The lowest BCUT2D eigenvalue weighted by molar-refractivity contribution is -0.142. The van der Waals surface area contributed by atoms with Crippen molar-refractivity contribution in [2.45, 2.75) is 45.1 Å². The molecule has 0 aromatic carbocycles. The number of imide groups is 2. The predicted octanol–water partition coefficient (Wildman–Crippen LogP) is 0.150. The molecule has 7 heteroatoms. The zero-order valence-electron chi connectivity index (χ0n) is 11.5. The van der Waals surface area contributed by atoms with Gasteiger partial charge >= 0.3 is 6.03 Å². The Kier molecular flexibility index (Phi) is 4.36. The molecule has 2 aliphatic rings. The van der Waals surface area contributed by atoms with E-state index < -0.39 is 23.8 Å². The van der Waals surface area contributed by atoms with E-state index in [2.05, 4.69) is 10.6 Å². The van der Waals surface area contributed by atoms with Crippen molar-refractivity contribution in [2.75, 3.05) is 6.54 Å². The molecule has 5 amide bonds. The van der Waals surface area contributed by atoms with E-state index in [-0.39, 0.29) is 24.9 Å². The van der Waals surface area contributed by atoms with E-state index in [0.29, 0.717) is 12.8 Å². The summed E-state index contributed by atoms with van der Waals surface area (Å²) in [6.07, 6.45) is 3.13. The zero-order valence-corrected chi connectivity index (χ0v) is 11.5. The summed E-state index contributed by atoms with van der Waals surface area (Å²) in [4.78, 5) is 47.9. The Hall–Kier alpha value is -1.92. The molecule has 20 heavy (non-hydrogen) atoms. The van der Waals surface area contributed by atoms with Crippen LogP contribution in [0.5, 0.6) is 0 Å². The van der Waals surface area contributed by atoms with Crippen LogP contribution >= 0.6 is 0 Å². The number of urea groups is 1. The maximum atomic E-state index is 12.1. The largest absolute Gasteiger partial charge is 0.353 e. The van der Waals surface area contributed by atoms with E-state index in [9.17, 15) is 19.2 Å². The summed E-state index contributed by atoms with van der Waals surface area (Å²) in [5, 5.41) is 4.96. The third-order valence-electron chi connectivity index (χ3n) is 3.44. The SMILES string of the molecule is CCCC1C(=O)NC(=O)N(CCC(=O)NC2CC2)C1=O. The summed E-state index contributed by atoms with van der Waals surface area (Å²) in [5.41, 5.74) is 0. The van der Waals surface area contributed by atoms with Gasteiger partial charge in [-0.2, -0.15) is 0 Å². The number of nitrogens with zero attached hydrogens (tertiary/aromatic N) is 1. The summed E-state index contributed by atoms with van der Waals surface area (Å²) in [5.74, 6) is -2.03. The van der Waals surface area contributed by atoms with Crippen LogP contribution in [0.1, 0.15) is 39.0 Å². The first-order valence-electron chi connectivity index (χ1n) is 6.98. The molecule has 0 radical (unpaired) electrons. The van der Waals surface area contributed by atoms with E-state index in [0.717, 1.165) is 17.7 Å². The molecule has 1 saturated heterocycles. The molecule has 2 fully saturated rings. The summed E-state index contributed by atoms with van der Waals surface area (Å²) >= 11 is 0. The summed E-state index contributed by atoms with van der Waals surface area (Å²) in [6, 6.07) is -0.477. The molecule has 1 aliphatic carbocycles. The van der Waals surface area contributed by atoms with Gasteiger partial charge in [0, 0.05) is 19.0 Å². The van der Waals surface area contributed by atoms with Gasteiger partial charge in [-0.1, -0.05) is 13.3 Å². The summed E-state index contributed by atoms with van der Waals surface area (Å²) in [6.45, 7) is 1.88. The fraction of sp³-hybridized carbons (Fsp3) is 0.692. The number of rotatable bonds is 6. The van der Waals surface area contributed by atoms with Gasteiger partial charge in [-0.25, -0.2) is 4.79 Å². The molecule has 1 atom stereocenters. The highest BCUT2D eigenvalue weighted by Crippen LogP contribution is 2.19. The van der Waals surface area contributed by atoms with Crippen molar-refractivity contribution in [1.82, 2.24) is 15.5 Å². The van der Waals surface area contributed by atoms with Gasteiger partial charge in [-0.3, -0.25) is 24.6 Å². The van der Waals surface area contributed by atoms with Crippen LogP contribution in [0.4, 0.5) is 4.79 Å². The van der Waals surface area contributed by atoms with Gasteiger partial charge in [-0.05, 0) is 19.3 Å². The van der Waals surface area contributed by atoms with E-state index in [4.69, 9.17) is 0 Å². The van der Waals surface area contributed by atoms with Crippen molar-refractivity contribution in [3.63, 3.8) is 0 Å². The lowest BCUT2D eigenvalue weighted by atomic mass is 9.99. The van der Waals surface area contributed by atoms with Gasteiger partial charge < -0.3 is 5.32 Å². The summed E-state index contributed by atoms with van der Waals surface area (Å²) in [7, 11) is 0. The average molecular weight is 281 g/mol. The second-order valence-electron chi connectivity index (χ2n) is 5.22. The molecule has 0 aromatic rings. The van der Waals surface area contributed by atoms with Gasteiger partial charge in [0.15, 0.2) is 0 Å². The highest BCUT2D eigenvalue weighted by Gasteiger charge is 2.39. The number of barbiturate groups is 1. The van der Waals surface area contributed by atoms with Crippen LogP contribution in [0, 0.1) is 5.92 Å². The Balaban J connectivity index is 1.90. The quantitative estimate of drug-likeness (QED) is 0.677. The first-order chi connectivity index (χ1) is 9.52. The first-order valence-corrected chi connectivity index (χ1v) is 6.98. The monoisotopic (exact) mass is 281 g/mol. The summed E-state index contributed by atoms with van der Waals surface area (Å²) < 4.78 is 0. The molecule has 1 heterocycles. The van der Waals surface area contributed by atoms with Crippen molar-refractivity contribution < 1.29 is 19.2 Å². The Morgan fingerprint density at radius 2 is 2.05 bits per heavy atom. The normalized spacial score (nSPS) is 22.8. The fourth-order valence-electron chi connectivity index (χ4n) is 2.16. The molecule has 0 bridgehead atoms. The second kappa shape index (κ2) is 6.02. The van der Waals surface area contributed by atoms with E-state index in [1.54, 1.807) is 0 Å². The Morgan fingerprint density at radius 3 is 2.65 bits per heavy atom. The second-order valence-corrected chi connectivity index (χ2v) is 5.22. The molecule has 0 aromatic heterocycles. The van der Waals surface area contributed by atoms with Crippen LogP contribution in [0.2, 0.25) is 0 Å². The number of hydrogen-bond donors (Lipinski definition) is 2. The third-order valence-corrected chi connectivity index (χ3v) is 3.44. The van der Waals surface area contributed by atoms with Gasteiger partial charge in [-0.15, -0.1) is 0 Å². The number of carbonyl (C=O) groups excluding carboxylic acids is 4. The molecule has 7 nitrogen and oxygen atoms in total. The standard InChI is InChI=1S/C13H19N3O4/c1-2-3-9-11(18)15-13(20)16(12(9)19)7-6-10(17)14-8-4-5-8/h8-9H,2-7H2,1H3,(H,14,17)(H,15,18,20). The molecule has 0 spiro atoms. The fourth-order valence-corrected chi connectivity index (χ4v) is 2.16. The average Bonchev–Trinajstić information content (AvgIpc) is 3.18. The van der Waals surface area contributed by atoms with Crippen molar-refractivity contribution >= 4 is 23.8 Å². The molecular weight excluding hydrogens is 262 g/mol. The van der Waals surface area contributed by atoms with E-state index in [1.165, 1.54) is 0 Å². The molecule has 2 N–H and O–H groups in total. The predicted molar refractivity (Wildman–Crippen MR) is 69.4 cm³/mol. The van der Waals surface area contributed by atoms with E-state index in [1.807, 2.05) is 6.92 Å². The molecule has 2 rings (SSSR count). The minimum atomic E-state index is -0.816. The maximum absolute atomic E-state index is 12.1. The van der Waals surface area contributed by atoms with Crippen LogP contribution in [0.3, 0.4) is 0 Å². The molecule has 1 aliphatic heterocycles. The smallest absolute Gasteiger partial charge is 0.330 e. The number of carbonyl (C=O) groups is 4. The van der Waals surface area contributed by atoms with Crippen LogP contribution < -0.4 is 10.6 Å². The van der Waals surface area contributed by atoms with Gasteiger partial charge in [0.1, 0.15) is 5.92 Å². The first kappa shape index (κ1) is 14.5. The Bertz CT molecular complexity index is 445. The molecule has 110 valence electrons. The van der Waals surface area contributed by atoms with Crippen LogP contribution in [0.25, 0.3) is 0 Å². The van der Waals surface area contributed by atoms with Crippen LogP contribution in [-0.4, -0.2) is 41.2 Å². The maximum Gasteiger partial charge on any atom is 0.330 e. The van der Waals surface area contributed by atoms with Crippen molar-refractivity contribution in [1.29, 1.82) is 0 Å². The molecular formula is C13H19N3O4. The third kappa shape index (κ3) is 3.34. The molecule has 1 unspecified atom stereocenters. The lowest BCUT2D eigenvalue weighted by Gasteiger charge is -2.29. The van der Waals surface area contributed by atoms with Gasteiger partial charge in [0.05, 0.1) is 0 Å². The highest BCUT2D eigenvalue weighted by atomic mass is 16.2. The van der Waals surface area contributed by atoms with Gasteiger partial charge in [0.2, 0.25) is 17.7 Å². The van der Waals surface area contributed by atoms with Crippen LogP contribution in [0.15, 0.2) is 0 Å².